The van der Waals surface area contributed by atoms with E-state index in [0.717, 1.165) is 10.2 Å². The van der Waals surface area contributed by atoms with Crippen LogP contribution in [0.1, 0.15) is 32.1 Å². The first kappa shape index (κ1) is 17.9. The summed E-state index contributed by atoms with van der Waals surface area (Å²) < 4.78 is 0.889. The molecular formula is C19H17BrN4O2. The van der Waals surface area contributed by atoms with Crippen molar-refractivity contribution in [3.05, 3.63) is 75.5 Å². The van der Waals surface area contributed by atoms with Gasteiger partial charge in [-0.15, -0.1) is 0 Å². The molecule has 0 aliphatic carbocycles. The molecule has 2 amide bonds. The molecule has 0 fully saturated rings. The lowest BCUT2D eigenvalue weighted by Gasteiger charge is -2.12. The van der Waals surface area contributed by atoms with Crippen LogP contribution in [0.25, 0.3) is 0 Å². The fourth-order valence-electron chi connectivity index (χ4n) is 2.50. The number of aromatic nitrogens is 2. The fraction of sp³-hybridized carbons (Fsp3) is 0.105. The zero-order valence-corrected chi connectivity index (χ0v) is 15.8. The number of aryl methyl sites for hydroxylation is 2. The number of aromatic amines is 1. The summed E-state index contributed by atoms with van der Waals surface area (Å²) in [7, 11) is 0. The summed E-state index contributed by atoms with van der Waals surface area (Å²) >= 11 is 3.34. The van der Waals surface area contributed by atoms with E-state index in [9.17, 15) is 9.59 Å². The molecule has 132 valence electrons. The Morgan fingerprint density at radius 1 is 0.962 bits per heavy atom. The molecule has 0 bridgehead atoms. The number of para-hydroxylation sites is 1. The number of halogens is 1. The van der Waals surface area contributed by atoms with Crippen LogP contribution in [0, 0.1) is 13.8 Å². The normalized spacial score (nSPS) is 10.4. The monoisotopic (exact) mass is 412 g/mol. The lowest BCUT2D eigenvalue weighted by Crippen LogP contribution is -2.18. The molecule has 7 heteroatoms. The molecule has 26 heavy (non-hydrogen) atoms. The van der Waals surface area contributed by atoms with Gasteiger partial charge in [-0.3, -0.25) is 14.7 Å². The Balaban J connectivity index is 1.82. The third kappa shape index (κ3) is 3.83. The summed E-state index contributed by atoms with van der Waals surface area (Å²) in [5.41, 5.74) is 3.43. The SMILES string of the molecule is Cc1n[nH]c(C)c1NC(=O)c1ccccc1NC(=O)c1ccc(Br)cc1. The quantitative estimate of drug-likeness (QED) is 0.596. The Hall–Kier alpha value is -2.93. The molecule has 2 aromatic carbocycles. The van der Waals surface area contributed by atoms with Crippen LogP contribution in [0.5, 0.6) is 0 Å². The minimum absolute atomic E-state index is 0.284. The highest BCUT2D eigenvalue weighted by molar-refractivity contribution is 9.10. The number of anilines is 2. The summed E-state index contributed by atoms with van der Waals surface area (Å²) in [6.07, 6.45) is 0. The van der Waals surface area contributed by atoms with Gasteiger partial charge in [0.2, 0.25) is 0 Å². The highest BCUT2D eigenvalue weighted by Crippen LogP contribution is 2.21. The number of hydrogen-bond donors (Lipinski definition) is 3. The van der Waals surface area contributed by atoms with Crippen molar-refractivity contribution < 1.29 is 9.59 Å². The summed E-state index contributed by atoms with van der Waals surface area (Å²) in [5.74, 6) is -0.599. The van der Waals surface area contributed by atoms with Crippen molar-refractivity contribution in [3.63, 3.8) is 0 Å². The van der Waals surface area contributed by atoms with Crippen LogP contribution in [-0.2, 0) is 0 Å². The van der Waals surface area contributed by atoms with Gasteiger partial charge in [0.1, 0.15) is 0 Å². The van der Waals surface area contributed by atoms with Crippen LogP contribution in [0.15, 0.2) is 53.0 Å². The van der Waals surface area contributed by atoms with Crippen molar-refractivity contribution >= 4 is 39.1 Å². The molecule has 6 nitrogen and oxygen atoms in total. The average molecular weight is 413 g/mol. The minimum Gasteiger partial charge on any atom is -0.321 e. The highest BCUT2D eigenvalue weighted by atomic mass is 79.9. The minimum atomic E-state index is -0.315. The van der Waals surface area contributed by atoms with Gasteiger partial charge in [-0.1, -0.05) is 28.1 Å². The zero-order chi connectivity index (χ0) is 18.7. The second-order valence-electron chi connectivity index (χ2n) is 5.77. The van der Waals surface area contributed by atoms with Crippen LogP contribution >= 0.6 is 15.9 Å². The van der Waals surface area contributed by atoms with Gasteiger partial charge >= 0.3 is 0 Å². The first-order chi connectivity index (χ1) is 12.5. The number of rotatable bonds is 4. The summed E-state index contributed by atoms with van der Waals surface area (Å²) in [6.45, 7) is 3.64. The number of amides is 2. The first-order valence-corrected chi connectivity index (χ1v) is 8.74. The number of nitrogens with zero attached hydrogens (tertiary/aromatic N) is 1. The predicted molar refractivity (Wildman–Crippen MR) is 105 cm³/mol. The molecule has 0 radical (unpaired) electrons. The number of benzene rings is 2. The van der Waals surface area contributed by atoms with Gasteiger partial charge in [0.15, 0.2) is 0 Å². The molecule has 0 saturated carbocycles. The Labute approximate surface area is 159 Å². The van der Waals surface area contributed by atoms with Crippen molar-refractivity contribution in [1.29, 1.82) is 0 Å². The molecule has 0 unspecified atom stereocenters. The standard InChI is InChI=1S/C19H17BrN4O2/c1-11-17(12(2)24-23-11)22-19(26)15-5-3-4-6-16(15)21-18(25)13-7-9-14(20)10-8-13/h3-10H,1-2H3,(H,21,25)(H,22,26)(H,23,24). The maximum atomic E-state index is 12.7. The maximum Gasteiger partial charge on any atom is 0.257 e. The number of carbonyl (C=O) groups is 2. The van der Waals surface area contributed by atoms with Gasteiger partial charge in [0, 0.05) is 10.0 Å². The number of H-pyrrole nitrogens is 1. The van der Waals surface area contributed by atoms with Crippen LogP contribution in [0.2, 0.25) is 0 Å². The Morgan fingerprint density at radius 2 is 1.65 bits per heavy atom. The molecule has 1 aromatic heterocycles. The second-order valence-corrected chi connectivity index (χ2v) is 6.69. The van der Waals surface area contributed by atoms with Gasteiger partial charge in [-0.05, 0) is 50.2 Å². The van der Waals surface area contributed by atoms with Crippen molar-refractivity contribution in [2.45, 2.75) is 13.8 Å². The van der Waals surface area contributed by atoms with E-state index in [-0.39, 0.29) is 11.8 Å². The molecule has 0 spiro atoms. The third-order valence-corrected chi connectivity index (χ3v) is 4.42. The summed E-state index contributed by atoms with van der Waals surface area (Å²) in [4.78, 5) is 25.1. The van der Waals surface area contributed by atoms with Crippen LogP contribution in [-0.4, -0.2) is 22.0 Å². The third-order valence-electron chi connectivity index (χ3n) is 3.89. The number of nitrogens with one attached hydrogen (secondary N) is 3. The molecular weight excluding hydrogens is 396 g/mol. The van der Waals surface area contributed by atoms with Crippen LogP contribution in [0.3, 0.4) is 0 Å². The molecule has 0 aliphatic heterocycles. The smallest absolute Gasteiger partial charge is 0.257 e. The zero-order valence-electron chi connectivity index (χ0n) is 14.3. The Bertz CT molecular complexity index is 944. The maximum absolute atomic E-state index is 12.7. The van der Waals surface area contributed by atoms with Gasteiger partial charge in [0.25, 0.3) is 11.8 Å². The second kappa shape index (κ2) is 7.53. The van der Waals surface area contributed by atoms with E-state index in [1.807, 2.05) is 6.92 Å². The van der Waals surface area contributed by atoms with Gasteiger partial charge in [0.05, 0.1) is 28.3 Å². The van der Waals surface area contributed by atoms with Gasteiger partial charge < -0.3 is 10.6 Å². The van der Waals surface area contributed by atoms with Crippen molar-refractivity contribution in [1.82, 2.24) is 10.2 Å². The van der Waals surface area contributed by atoms with Crippen molar-refractivity contribution in [2.24, 2.45) is 0 Å². The van der Waals surface area contributed by atoms with Gasteiger partial charge in [-0.25, -0.2) is 0 Å². The lowest BCUT2D eigenvalue weighted by molar-refractivity contribution is 0.102. The molecule has 0 aliphatic rings. The lowest BCUT2D eigenvalue weighted by atomic mass is 10.1. The van der Waals surface area contributed by atoms with E-state index in [1.165, 1.54) is 0 Å². The topological polar surface area (TPSA) is 86.9 Å². The van der Waals surface area contributed by atoms with E-state index in [2.05, 4.69) is 36.8 Å². The highest BCUT2D eigenvalue weighted by Gasteiger charge is 2.16. The molecule has 3 aromatic rings. The van der Waals surface area contributed by atoms with E-state index >= 15 is 0 Å². The van der Waals surface area contributed by atoms with Crippen molar-refractivity contribution in [2.75, 3.05) is 10.6 Å². The van der Waals surface area contributed by atoms with Crippen molar-refractivity contribution in [3.8, 4) is 0 Å². The summed E-state index contributed by atoms with van der Waals surface area (Å²) in [6, 6.07) is 13.9. The Morgan fingerprint density at radius 3 is 2.31 bits per heavy atom. The summed E-state index contributed by atoms with van der Waals surface area (Å²) in [5, 5.41) is 12.5. The predicted octanol–water partition coefficient (Wildman–Crippen LogP) is 4.29. The van der Waals surface area contributed by atoms with Crippen LogP contribution in [0.4, 0.5) is 11.4 Å². The van der Waals surface area contributed by atoms with Crippen LogP contribution < -0.4 is 10.6 Å². The molecule has 3 N–H and O–H groups in total. The van der Waals surface area contributed by atoms with E-state index in [1.54, 1.807) is 55.5 Å². The first-order valence-electron chi connectivity index (χ1n) is 7.94. The Kier molecular flexibility index (Phi) is 5.18. The van der Waals surface area contributed by atoms with E-state index in [0.29, 0.717) is 28.2 Å². The largest absolute Gasteiger partial charge is 0.321 e. The fourth-order valence-corrected chi connectivity index (χ4v) is 2.77. The number of hydrogen-bond acceptors (Lipinski definition) is 3. The van der Waals surface area contributed by atoms with Gasteiger partial charge in [-0.2, -0.15) is 5.10 Å². The number of carbonyl (C=O) groups excluding carboxylic acids is 2. The molecule has 3 rings (SSSR count). The average Bonchev–Trinajstić information content (AvgIpc) is 2.94. The molecule has 0 atom stereocenters. The van der Waals surface area contributed by atoms with E-state index < -0.39 is 0 Å². The molecule has 1 heterocycles. The molecule has 0 saturated heterocycles. The van der Waals surface area contributed by atoms with E-state index in [4.69, 9.17) is 0 Å².